The molecule has 0 unspecified atom stereocenters. The largest absolute Gasteiger partial charge is 0.369 e. The maximum atomic E-state index is 12.8. The summed E-state index contributed by atoms with van der Waals surface area (Å²) in [5, 5.41) is 16.6. The van der Waals surface area contributed by atoms with Crippen LogP contribution in [0.3, 0.4) is 0 Å². The number of H-pyrrole nitrogens is 1. The molecule has 0 bridgehead atoms. The molecule has 0 atom stereocenters. The number of fused-ring (bicyclic) bond motifs is 1. The SMILES string of the molecule is C#CC#CC#CC#CC#CC#CC#CC#CC#CC#CC#CC.NN=NN[N+](=O)[O-].O=C(CN1CCN(c2ccccc2)CC1)Nc1c(C(=O)C2CC2)cc2cc[nH]cc1-2.[HH].[HH].[HH].[HH].[HH].[HH].[HH].[HH].[HH].[HH]. The third-order valence-electron chi connectivity index (χ3n) is 7.58. The lowest BCUT2D eigenvalue weighted by Crippen LogP contribution is -2.48. The number of benzene rings is 1. The van der Waals surface area contributed by atoms with E-state index >= 15 is 0 Å². The zero-order valence-electron chi connectivity index (χ0n) is 32.2. The minimum Gasteiger partial charge on any atom is -0.369 e. The Bertz CT molecular complexity index is 2760. The van der Waals surface area contributed by atoms with Gasteiger partial charge in [-0.15, -0.1) is 6.42 Å². The van der Waals surface area contributed by atoms with E-state index in [1.807, 2.05) is 30.6 Å². The number of aromatic amines is 1. The van der Waals surface area contributed by atoms with Crippen LogP contribution >= 0.6 is 0 Å². The highest BCUT2D eigenvalue weighted by Gasteiger charge is 2.34. The Morgan fingerprint density at radius 3 is 1.85 bits per heavy atom. The fourth-order valence-electron chi connectivity index (χ4n) is 4.93. The summed E-state index contributed by atoms with van der Waals surface area (Å²) in [6.07, 6.45) is 10.5. The summed E-state index contributed by atoms with van der Waals surface area (Å²) in [6, 6.07) is 14.2. The molecule has 5 rings (SSSR count). The van der Waals surface area contributed by atoms with E-state index in [9.17, 15) is 19.7 Å². The van der Waals surface area contributed by atoms with Crippen molar-refractivity contribution >= 4 is 23.1 Å². The summed E-state index contributed by atoms with van der Waals surface area (Å²) in [5.74, 6) is 56.5. The van der Waals surface area contributed by atoms with Crippen molar-refractivity contribution in [3.8, 4) is 142 Å². The van der Waals surface area contributed by atoms with Crippen LogP contribution in [0.2, 0.25) is 0 Å². The van der Waals surface area contributed by atoms with Gasteiger partial charge < -0.3 is 25.3 Å². The second-order valence-corrected chi connectivity index (χ2v) is 11.6. The van der Waals surface area contributed by atoms with Gasteiger partial charge in [-0.25, -0.2) is 0 Å². The summed E-state index contributed by atoms with van der Waals surface area (Å²) in [7, 11) is 0. The molecule has 2 aliphatic heterocycles. The molecule has 4 aliphatic rings. The van der Waals surface area contributed by atoms with Crippen LogP contribution in [0.25, 0.3) is 11.1 Å². The summed E-state index contributed by atoms with van der Waals surface area (Å²) in [5.41, 5.74) is 5.75. The number of para-hydroxylation sites is 1. The molecular formula is C47H53N9O4. The van der Waals surface area contributed by atoms with Gasteiger partial charge in [-0.2, -0.15) is 0 Å². The molecule has 0 spiro atoms. The Balaban J connectivity index is -0.000000146. The average molecular weight is 808 g/mol. The molecule has 310 valence electrons. The van der Waals surface area contributed by atoms with Crippen LogP contribution in [0, 0.1) is 147 Å². The number of nitrogens with zero attached hydrogens (tertiary/aromatic N) is 5. The maximum absolute atomic E-state index is 12.8. The Kier molecular flexibility index (Phi) is 20.5. The molecule has 1 saturated carbocycles. The molecule has 0 aromatic heterocycles. The molecule has 1 aromatic carbocycles. The smallest absolute Gasteiger partial charge is 0.238 e. The van der Waals surface area contributed by atoms with Crippen LogP contribution in [0.5, 0.6) is 0 Å². The number of carbonyl (C=O) groups excluding carboxylic acids is 2. The highest BCUT2D eigenvalue weighted by molar-refractivity contribution is 6.12. The highest BCUT2D eigenvalue weighted by atomic mass is 16.7. The molecule has 13 nitrogen and oxygen atoms in total. The van der Waals surface area contributed by atoms with E-state index in [1.165, 1.54) is 11.2 Å². The van der Waals surface area contributed by atoms with Crippen LogP contribution < -0.4 is 21.6 Å². The number of anilines is 2. The summed E-state index contributed by atoms with van der Waals surface area (Å²) in [6.45, 7) is 5.51. The molecule has 60 heavy (non-hydrogen) atoms. The lowest BCUT2D eigenvalue weighted by atomic mass is 10.1. The van der Waals surface area contributed by atoms with E-state index < -0.39 is 5.03 Å². The van der Waals surface area contributed by atoms with E-state index in [4.69, 9.17) is 6.42 Å². The number of rotatable bonds is 8. The van der Waals surface area contributed by atoms with Gasteiger partial charge in [-0.05, 0) is 144 Å². The monoisotopic (exact) mass is 807 g/mol. The quantitative estimate of drug-likeness (QED) is 0.0567. The van der Waals surface area contributed by atoms with Crippen molar-refractivity contribution < 1.29 is 28.9 Å². The van der Waals surface area contributed by atoms with Gasteiger partial charge in [-0.3, -0.25) is 20.3 Å². The highest BCUT2D eigenvalue weighted by Crippen LogP contribution is 2.41. The summed E-state index contributed by atoms with van der Waals surface area (Å²) >= 11 is 0. The van der Waals surface area contributed by atoms with Crippen molar-refractivity contribution in [1.29, 1.82) is 0 Å². The fraction of sp³-hybridized carbons (Fsp3) is 0.191. The Morgan fingerprint density at radius 2 is 1.38 bits per heavy atom. The number of carbonyl (C=O) groups is 2. The number of pyridine rings is 1. The van der Waals surface area contributed by atoms with E-state index in [2.05, 4.69) is 185 Å². The number of nitrogens with one attached hydrogen (secondary N) is 3. The minimum absolute atomic E-state index is 0. The van der Waals surface area contributed by atoms with Crippen molar-refractivity contribution in [3.63, 3.8) is 0 Å². The van der Waals surface area contributed by atoms with Crippen LogP contribution in [0.1, 0.15) is 44.4 Å². The van der Waals surface area contributed by atoms with Crippen LogP contribution in [0.4, 0.5) is 11.4 Å². The number of terminal acetylenes is 1. The Labute approximate surface area is 364 Å². The first-order chi connectivity index (χ1) is 29.4. The lowest BCUT2D eigenvalue weighted by Gasteiger charge is -2.35. The fourth-order valence-corrected chi connectivity index (χ4v) is 4.93. The predicted molar refractivity (Wildman–Crippen MR) is 251 cm³/mol. The lowest BCUT2D eigenvalue weighted by molar-refractivity contribution is -0.546. The van der Waals surface area contributed by atoms with E-state index in [0.29, 0.717) is 17.8 Å². The number of hydrazine groups is 1. The summed E-state index contributed by atoms with van der Waals surface area (Å²) in [4.78, 5) is 42.4. The molecule has 1 amide bonds. The first kappa shape index (κ1) is 45.0. The van der Waals surface area contributed by atoms with Crippen molar-refractivity contribution in [1.82, 2.24) is 15.4 Å². The molecule has 5 N–H and O–H groups in total. The third-order valence-corrected chi connectivity index (χ3v) is 7.58. The third kappa shape index (κ3) is 17.9. The molecule has 2 aliphatic carbocycles. The van der Waals surface area contributed by atoms with Gasteiger partial charge in [0, 0.05) is 105 Å². The van der Waals surface area contributed by atoms with Crippen molar-refractivity contribution in [2.75, 3.05) is 42.9 Å². The molecule has 2 heterocycles. The van der Waals surface area contributed by atoms with E-state index in [0.717, 1.165) is 50.1 Å². The van der Waals surface area contributed by atoms with Crippen LogP contribution in [0.15, 0.2) is 65.3 Å². The van der Waals surface area contributed by atoms with Crippen LogP contribution in [-0.2, 0) is 4.79 Å². The standard InChI is InChI=1S/C24H26N4O2.C23H4.H3N5O2.10H2/c29-22(16-27-10-12-28(13-11-27)19-4-2-1-3-5-19)26-23-20(24(30)17-6-7-17)14-18-8-9-25-15-21(18)23;1-3-5-7-9-11-13-15-17-19-21-23-22-20-18-16-14-12-10-8-6-4-2;1-2-3-4-5(6)7;;;;;;;;;;/h1-5,8-9,14-15,17,25H,6-7,10-13,16H2,(H,26,29);1H,2H3;(H2,1,3)(H,2,4);10*1H. The Hall–Kier alpha value is -9.36. The molecule has 1 aromatic rings. The maximum Gasteiger partial charge on any atom is 0.238 e. The number of piperazine rings is 1. The first-order valence-electron chi connectivity index (χ1n) is 17.7. The second-order valence-electron chi connectivity index (χ2n) is 11.6. The molecule has 2 fully saturated rings. The van der Waals surface area contributed by atoms with Gasteiger partial charge in [-0.1, -0.05) is 24.1 Å². The second kappa shape index (κ2) is 27.3. The Morgan fingerprint density at radius 1 is 0.850 bits per heavy atom. The molecule has 13 heteroatoms. The van der Waals surface area contributed by atoms with Gasteiger partial charge in [0.15, 0.2) is 11.0 Å². The zero-order valence-corrected chi connectivity index (χ0v) is 32.2. The number of ketones is 1. The number of hydrogen-bond acceptors (Lipinski definition) is 8. The normalized spacial score (nSPS) is 11.2. The van der Waals surface area contributed by atoms with E-state index in [1.54, 1.807) is 6.92 Å². The first-order valence-corrected chi connectivity index (χ1v) is 17.7. The average Bonchev–Trinajstić information content (AvgIpc) is 4.06. The zero-order chi connectivity index (χ0) is 43.0. The van der Waals surface area contributed by atoms with Gasteiger partial charge in [0.2, 0.25) is 5.91 Å². The van der Waals surface area contributed by atoms with Crippen molar-refractivity contribution in [2.24, 2.45) is 22.2 Å². The summed E-state index contributed by atoms with van der Waals surface area (Å²) < 4.78 is 0. The number of Topliss-reactive ketones (excluding diaryl/α,β-unsaturated/α-hetero) is 1. The number of nitrogens with two attached hydrogens (primary N) is 1. The molecular weight excluding hydrogens is 755 g/mol. The topological polar surface area (TPSA) is 174 Å². The van der Waals surface area contributed by atoms with Gasteiger partial charge in [0.1, 0.15) is 0 Å². The van der Waals surface area contributed by atoms with Crippen molar-refractivity contribution in [3.05, 3.63) is 70.5 Å². The number of hydrogen-bond donors (Lipinski definition) is 4. The van der Waals surface area contributed by atoms with Crippen molar-refractivity contribution in [2.45, 2.75) is 19.8 Å². The van der Waals surface area contributed by atoms with E-state index in [-0.39, 0.29) is 31.9 Å². The van der Waals surface area contributed by atoms with Crippen LogP contribution in [-0.4, -0.2) is 59.3 Å². The van der Waals surface area contributed by atoms with Gasteiger partial charge in [0.25, 0.3) is 0 Å². The van der Waals surface area contributed by atoms with Gasteiger partial charge >= 0.3 is 0 Å². The molecule has 0 radical (unpaired) electrons. The van der Waals surface area contributed by atoms with Gasteiger partial charge in [0.05, 0.1) is 22.5 Å². The minimum atomic E-state index is -0.879. The predicted octanol–water partition coefficient (Wildman–Crippen LogP) is 5.62. The number of nitro groups is 1. The number of amides is 1. The number of aromatic nitrogens is 1. The molecule has 1 saturated heterocycles.